The summed E-state index contributed by atoms with van der Waals surface area (Å²) < 4.78 is 0. The number of hydrogen-bond donors (Lipinski definition) is 2. The highest BCUT2D eigenvalue weighted by atomic mass is 16.1. The minimum absolute atomic E-state index is 0.0809. The lowest BCUT2D eigenvalue weighted by atomic mass is 10.1. The molecule has 0 aliphatic carbocycles. The van der Waals surface area contributed by atoms with Crippen LogP contribution in [0.2, 0.25) is 0 Å². The molecule has 2 aromatic carbocycles. The molecule has 0 aliphatic heterocycles. The predicted molar refractivity (Wildman–Crippen MR) is 74.6 cm³/mol. The highest BCUT2D eigenvalue weighted by Crippen LogP contribution is 2.13. The lowest BCUT2D eigenvalue weighted by Gasteiger charge is -2.07. The van der Waals surface area contributed by atoms with Crippen LogP contribution in [0.3, 0.4) is 0 Å². The number of hydrogen-bond acceptors (Lipinski definition) is 3. The topological polar surface area (TPSA) is 55.1 Å². The Morgan fingerprint density at radius 3 is 2.50 bits per heavy atom. The van der Waals surface area contributed by atoms with Gasteiger partial charge in [-0.1, -0.05) is 12.1 Å². The number of nitrogens with two attached hydrogens (primary N) is 1. The van der Waals surface area contributed by atoms with Crippen LogP contribution in [0.15, 0.2) is 48.5 Å². The van der Waals surface area contributed by atoms with Crippen LogP contribution < -0.4 is 11.1 Å². The molecule has 0 amide bonds. The monoisotopic (exact) mass is 240 g/mol. The van der Waals surface area contributed by atoms with Crippen LogP contribution in [0.1, 0.15) is 22.8 Å². The molecule has 2 rings (SSSR count). The molecule has 3 nitrogen and oxygen atoms in total. The van der Waals surface area contributed by atoms with Crippen molar-refractivity contribution in [2.45, 2.75) is 13.5 Å². The van der Waals surface area contributed by atoms with Crippen molar-refractivity contribution in [2.75, 3.05) is 11.1 Å². The third kappa shape index (κ3) is 3.10. The second-order valence-electron chi connectivity index (χ2n) is 4.23. The third-order valence-corrected chi connectivity index (χ3v) is 2.74. The van der Waals surface area contributed by atoms with Gasteiger partial charge in [-0.3, -0.25) is 4.79 Å². The molecule has 0 atom stereocenters. The Morgan fingerprint density at radius 1 is 1.17 bits per heavy atom. The molecule has 0 saturated heterocycles. The van der Waals surface area contributed by atoms with E-state index in [-0.39, 0.29) is 5.78 Å². The van der Waals surface area contributed by atoms with Gasteiger partial charge in [0.1, 0.15) is 0 Å². The Kier molecular flexibility index (Phi) is 3.63. The molecule has 3 heteroatoms. The maximum Gasteiger partial charge on any atom is 0.159 e. The van der Waals surface area contributed by atoms with E-state index in [0.29, 0.717) is 6.54 Å². The molecule has 3 N–H and O–H groups in total. The Hall–Kier alpha value is -2.29. The van der Waals surface area contributed by atoms with Crippen LogP contribution in [0.5, 0.6) is 0 Å². The van der Waals surface area contributed by atoms with Gasteiger partial charge in [0.15, 0.2) is 5.78 Å². The lowest BCUT2D eigenvalue weighted by Crippen LogP contribution is -2.00. The highest BCUT2D eigenvalue weighted by Gasteiger charge is 1.99. The maximum atomic E-state index is 11.1. The summed E-state index contributed by atoms with van der Waals surface area (Å²) in [5.74, 6) is 0.0809. The SMILES string of the molecule is CC(=O)c1ccc(NCc2cccc(N)c2)cc1. The van der Waals surface area contributed by atoms with E-state index in [1.807, 2.05) is 48.5 Å². The van der Waals surface area contributed by atoms with E-state index >= 15 is 0 Å². The normalized spacial score (nSPS) is 10.1. The molecule has 2 aromatic rings. The molecular formula is C15H16N2O. The van der Waals surface area contributed by atoms with Gasteiger partial charge < -0.3 is 11.1 Å². The first kappa shape index (κ1) is 12.2. The van der Waals surface area contributed by atoms with Crippen molar-refractivity contribution in [3.05, 3.63) is 59.7 Å². The molecule has 0 heterocycles. The molecule has 0 fully saturated rings. The quantitative estimate of drug-likeness (QED) is 0.638. The zero-order chi connectivity index (χ0) is 13.0. The molecule has 18 heavy (non-hydrogen) atoms. The zero-order valence-electron chi connectivity index (χ0n) is 10.3. The fraction of sp³-hybridized carbons (Fsp3) is 0.133. The number of carbonyl (C=O) groups is 1. The first-order valence-corrected chi connectivity index (χ1v) is 5.84. The number of nitrogen functional groups attached to an aromatic ring is 1. The molecule has 0 saturated carbocycles. The Bertz CT molecular complexity index is 547. The minimum atomic E-state index is 0.0809. The summed E-state index contributed by atoms with van der Waals surface area (Å²) in [6.45, 7) is 2.28. The smallest absolute Gasteiger partial charge is 0.159 e. The molecule has 0 spiro atoms. The number of rotatable bonds is 4. The second kappa shape index (κ2) is 5.36. The Labute approximate surface area is 107 Å². The Balaban J connectivity index is 2.00. The number of carbonyl (C=O) groups excluding carboxylic acids is 1. The van der Waals surface area contributed by atoms with Gasteiger partial charge in [0.2, 0.25) is 0 Å². The zero-order valence-corrected chi connectivity index (χ0v) is 10.3. The number of Topliss-reactive ketones (excluding diaryl/α,β-unsaturated/α-hetero) is 1. The van der Waals surface area contributed by atoms with E-state index < -0.39 is 0 Å². The van der Waals surface area contributed by atoms with E-state index in [2.05, 4.69) is 5.32 Å². The van der Waals surface area contributed by atoms with Crippen molar-refractivity contribution in [3.63, 3.8) is 0 Å². The van der Waals surface area contributed by atoms with Gasteiger partial charge in [-0.15, -0.1) is 0 Å². The number of benzene rings is 2. The molecule has 0 aliphatic rings. The average molecular weight is 240 g/mol. The third-order valence-electron chi connectivity index (χ3n) is 2.74. The fourth-order valence-corrected chi connectivity index (χ4v) is 1.73. The van der Waals surface area contributed by atoms with E-state index in [1.165, 1.54) is 0 Å². The summed E-state index contributed by atoms with van der Waals surface area (Å²) in [4.78, 5) is 11.1. The summed E-state index contributed by atoms with van der Waals surface area (Å²) >= 11 is 0. The van der Waals surface area contributed by atoms with Crippen molar-refractivity contribution < 1.29 is 4.79 Å². The van der Waals surface area contributed by atoms with E-state index in [9.17, 15) is 4.79 Å². The van der Waals surface area contributed by atoms with Gasteiger partial charge in [0.05, 0.1) is 0 Å². The summed E-state index contributed by atoms with van der Waals surface area (Å²) in [6, 6.07) is 15.2. The van der Waals surface area contributed by atoms with Gasteiger partial charge in [-0.25, -0.2) is 0 Å². The number of anilines is 2. The van der Waals surface area contributed by atoms with E-state index in [1.54, 1.807) is 6.92 Å². The van der Waals surface area contributed by atoms with Gasteiger partial charge in [0, 0.05) is 23.5 Å². The maximum absolute atomic E-state index is 11.1. The highest BCUT2D eigenvalue weighted by molar-refractivity contribution is 5.94. The minimum Gasteiger partial charge on any atom is -0.399 e. The Morgan fingerprint density at radius 2 is 1.89 bits per heavy atom. The fourth-order valence-electron chi connectivity index (χ4n) is 1.73. The number of nitrogens with one attached hydrogen (secondary N) is 1. The molecule has 0 unspecified atom stereocenters. The first-order valence-electron chi connectivity index (χ1n) is 5.84. The standard InChI is InChI=1S/C15H16N2O/c1-11(18)13-5-7-15(8-6-13)17-10-12-3-2-4-14(16)9-12/h2-9,17H,10,16H2,1H3. The van der Waals surface area contributed by atoms with Crippen LogP contribution in [0.4, 0.5) is 11.4 Å². The van der Waals surface area contributed by atoms with Crippen molar-refractivity contribution in [1.82, 2.24) is 0 Å². The van der Waals surface area contributed by atoms with Crippen molar-refractivity contribution >= 4 is 17.2 Å². The summed E-state index contributed by atoms with van der Waals surface area (Å²) in [7, 11) is 0. The molecule has 0 bridgehead atoms. The largest absolute Gasteiger partial charge is 0.399 e. The molecular weight excluding hydrogens is 224 g/mol. The lowest BCUT2D eigenvalue weighted by molar-refractivity contribution is 0.101. The van der Waals surface area contributed by atoms with Crippen LogP contribution in [-0.4, -0.2) is 5.78 Å². The molecule has 92 valence electrons. The summed E-state index contributed by atoms with van der Waals surface area (Å²) in [6.07, 6.45) is 0. The van der Waals surface area contributed by atoms with Gasteiger partial charge in [-0.05, 0) is 48.9 Å². The van der Waals surface area contributed by atoms with Crippen LogP contribution >= 0.6 is 0 Å². The van der Waals surface area contributed by atoms with Crippen molar-refractivity contribution in [1.29, 1.82) is 0 Å². The summed E-state index contributed by atoms with van der Waals surface area (Å²) in [5.41, 5.74) is 9.33. The van der Waals surface area contributed by atoms with Gasteiger partial charge in [-0.2, -0.15) is 0 Å². The summed E-state index contributed by atoms with van der Waals surface area (Å²) in [5, 5.41) is 3.29. The molecule has 0 aromatic heterocycles. The first-order chi connectivity index (χ1) is 8.65. The van der Waals surface area contributed by atoms with Gasteiger partial charge in [0.25, 0.3) is 0 Å². The van der Waals surface area contributed by atoms with E-state index in [4.69, 9.17) is 5.73 Å². The van der Waals surface area contributed by atoms with Crippen molar-refractivity contribution in [3.8, 4) is 0 Å². The van der Waals surface area contributed by atoms with Crippen molar-refractivity contribution in [2.24, 2.45) is 0 Å². The van der Waals surface area contributed by atoms with Crippen LogP contribution in [-0.2, 0) is 6.54 Å². The molecule has 0 radical (unpaired) electrons. The average Bonchev–Trinajstić information content (AvgIpc) is 2.37. The number of ketones is 1. The van der Waals surface area contributed by atoms with Gasteiger partial charge >= 0.3 is 0 Å². The second-order valence-corrected chi connectivity index (χ2v) is 4.23. The van der Waals surface area contributed by atoms with Crippen LogP contribution in [0, 0.1) is 0 Å². The predicted octanol–water partition coefficient (Wildman–Crippen LogP) is 3.08. The van der Waals surface area contributed by atoms with Crippen LogP contribution in [0.25, 0.3) is 0 Å². The van der Waals surface area contributed by atoms with E-state index in [0.717, 1.165) is 22.5 Å².